The second-order valence-electron chi connectivity index (χ2n) is 8.85. The molecule has 0 radical (unpaired) electrons. The number of hydrogen-bond donors (Lipinski definition) is 4. The maximum Gasteiger partial charge on any atom is 0.224 e. The predicted octanol–water partition coefficient (Wildman–Crippen LogP) is 4.36. The van der Waals surface area contributed by atoms with Gasteiger partial charge < -0.3 is 21.3 Å². The van der Waals surface area contributed by atoms with Gasteiger partial charge in [0.25, 0.3) is 0 Å². The van der Waals surface area contributed by atoms with E-state index in [4.69, 9.17) is 0 Å². The lowest BCUT2D eigenvalue weighted by Gasteiger charge is -2.10. The molecule has 4 N–H and O–H groups in total. The monoisotopic (exact) mass is 510 g/mol. The summed E-state index contributed by atoms with van der Waals surface area (Å²) in [7, 11) is 0. The van der Waals surface area contributed by atoms with Crippen LogP contribution in [0, 0.1) is 0 Å². The minimum atomic E-state index is -0.276. The second-order valence-corrected chi connectivity index (χ2v) is 8.85. The highest BCUT2D eigenvalue weighted by Crippen LogP contribution is 2.24. The summed E-state index contributed by atoms with van der Waals surface area (Å²) in [5, 5.41) is 15.0. The Kier molecular flexibility index (Phi) is 9.02. The highest BCUT2D eigenvalue weighted by atomic mass is 16.2. The van der Waals surface area contributed by atoms with E-state index in [1.807, 2.05) is 84.9 Å². The van der Waals surface area contributed by atoms with Crippen LogP contribution in [0.4, 0.5) is 11.4 Å². The molecule has 0 saturated carbocycles. The first-order valence-corrected chi connectivity index (χ1v) is 12.6. The Hall–Kier alpha value is -4.72. The third-order valence-electron chi connectivity index (χ3n) is 6.06. The maximum atomic E-state index is 12.3. The number of nitrogens with one attached hydrogen (secondary N) is 4. The summed E-state index contributed by atoms with van der Waals surface area (Å²) in [6.45, 7) is 0.468. The quantitative estimate of drug-likeness (QED) is 0.224. The van der Waals surface area contributed by atoms with Crippen LogP contribution in [-0.2, 0) is 19.2 Å². The van der Waals surface area contributed by atoms with Gasteiger partial charge in [0.05, 0.1) is 0 Å². The maximum absolute atomic E-state index is 12.3. The van der Waals surface area contributed by atoms with Gasteiger partial charge in [-0.25, -0.2) is 0 Å². The van der Waals surface area contributed by atoms with Crippen LogP contribution in [0.25, 0.3) is 21.5 Å². The molecule has 4 aromatic carbocycles. The third kappa shape index (κ3) is 7.39. The molecular formula is C30H30N4O4. The Labute approximate surface area is 220 Å². The molecular weight excluding hydrogens is 480 g/mol. The molecule has 0 unspecified atom stereocenters. The average molecular weight is 511 g/mol. The van der Waals surface area contributed by atoms with Crippen LogP contribution in [0.1, 0.15) is 25.7 Å². The molecule has 8 heteroatoms. The van der Waals surface area contributed by atoms with Gasteiger partial charge in [-0.05, 0) is 22.9 Å². The average Bonchev–Trinajstić information content (AvgIpc) is 2.93. The van der Waals surface area contributed by atoms with Crippen molar-refractivity contribution in [2.75, 3.05) is 23.7 Å². The third-order valence-corrected chi connectivity index (χ3v) is 6.06. The molecule has 0 heterocycles. The number of hydrogen-bond acceptors (Lipinski definition) is 4. The van der Waals surface area contributed by atoms with Crippen molar-refractivity contribution in [2.24, 2.45) is 0 Å². The van der Waals surface area contributed by atoms with Gasteiger partial charge in [0.2, 0.25) is 23.6 Å². The number of anilines is 2. The van der Waals surface area contributed by atoms with E-state index in [9.17, 15) is 19.2 Å². The zero-order chi connectivity index (χ0) is 26.7. The van der Waals surface area contributed by atoms with E-state index in [1.165, 1.54) is 0 Å². The van der Waals surface area contributed by atoms with Crippen molar-refractivity contribution in [1.82, 2.24) is 10.6 Å². The number of amides is 4. The van der Waals surface area contributed by atoms with Gasteiger partial charge in [-0.1, -0.05) is 72.8 Å². The molecule has 0 aromatic heterocycles. The molecule has 0 aliphatic carbocycles. The van der Waals surface area contributed by atoms with Crippen molar-refractivity contribution < 1.29 is 19.2 Å². The van der Waals surface area contributed by atoms with E-state index in [2.05, 4.69) is 21.3 Å². The molecule has 4 aromatic rings. The van der Waals surface area contributed by atoms with Crippen molar-refractivity contribution >= 4 is 56.5 Å². The Balaban J connectivity index is 1.09. The van der Waals surface area contributed by atoms with E-state index >= 15 is 0 Å². The molecule has 0 atom stereocenters. The van der Waals surface area contributed by atoms with E-state index in [0.717, 1.165) is 21.5 Å². The number of rotatable bonds is 11. The molecule has 0 bridgehead atoms. The topological polar surface area (TPSA) is 116 Å². The van der Waals surface area contributed by atoms with Crippen LogP contribution in [0.5, 0.6) is 0 Å². The summed E-state index contributed by atoms with van der Waals surface area (Å²) in [6, 6.07) is 26.8. The fourth-order valence-corrected chi connectivity index (χ4v) is 4.13. The van der Waals surface area contributed by atoms with Gasteiger partial charge in [-0.2, -0.15) is 0 Å². The first-order valence-electron chi connectivity index (χ1n) is 12.6. The number of benzene rings is 4. The van der Waals surface area contributed by atoms with Crippen LogP contribution >= 0.6 is 0 Å². The summed E-state index contributed by atoms with van der Waals surface area (Å²) < 4.78 is 0. The van der Waals surface area contributed by atoms with Gasteiger partial charge in [0.1, 0.15) is 0 Å². The Morgan fingerprint density at radius 1 is 0.447 bits per heavy atom. The summed E-state index contributed by atoms with van der Waals surface area (Å²) >= 11 is 0. The molecule has 0 aliphatic rings. The van der Waals surface area contributed by atoms with Crippen molar-refractivity contribution in [3.05, 3.63) is 84.9 Å². The van der Waals surface area contributed by atoms with E-state index < -0.39 is 0 Å². The minimum absolute atomic E-state index is 0.0406. The number of fused-ring (bicyclic) bond motifs is 2. The molecule has 0 fully saturated rings. The lowest BCUT2D eigenvalue weighted by molar-refractivity contribution is -0.125. The zero-order valence-corrected chi connectivity index (χ0v) is 21.0. The van der Waals surface area contributed by atoms with E-state index in [0.29, 0.717) is 11.4 Å². The predicted molar refractivity (Wildman–Crippen MR) is 150 cm³/mol. The Morgan fingerprint density at radius 3 is 1.26 bits per heavy atom. The number of carbonyl (C=O) groups excluding carboxylic acids is 4. The lowest BCUT2D eigenvalue weighted by atomic mass is 10.1. The first-order chi connectivity index (χ1) is 18.5. The molecule has 0 spiro atoms. The number of carbonyl (C=O) groups is 4. The SMILES string of the molecule is O=C(CCC(=O)Nc1cccc2ccccc12)NCCNC(=O)CCC(=O)Nc1cccc2ccccc12. The van der Waals surface area contributed by atoms with Gasteiger partial charge in [-0.15, -0.1) is 0 Å². The molecule has 0 aliphatic heterocycles. The van der Waals surface area contributed by atoms with Crippen molar-refractivity contribution in [3.63, 3.8) is 0 Å². The van der Waals surface area contributed by atoms with Crippen LogP contribution in [0.15, 0.2) is 84.9 Å². The molecule has 4 amide bonds. The zero-order valence-electron chi connectivity index (χ0n) is 21.0. The minimum Gasteiger partial charge on any atom is -0.354 e. The van der Waals surface area contributed by atoms with Crippen LogP contribution in [-0.4, -0.2) is 36.7 Å². The molecule has 38 heavy (non-hydrogen) atoms. The fraction of sp³-hybridized carbons (Fsp3) is 0.200. The summed E-state index contributed by atoms with van der Waals surface area (Å²) in [6.07, 6.45) is 0.179. The van der Waals surface area contributed by atoms with Gasteiger partial charge >= 0.3 is 0 Å². The normalized spacial score (nSPS) is 10.6. The summed E-state index contributed by atoms with van der Waals surface area (Å²) in [5.74, 6) is -1.04. The Morgan fingerprint density at radius 2 is 0.816 bits per heavy atom. The van der Waals surface area contributed by atoms with Crippen LogP contribution in [0.2, 0.25) is 0 Å². The van der Waals surface area contributed by atoms with Crippen LogP contribution in [0.3, 0.4) is 0 Å². The van der Waals surface area contributed by atoms with E-state index in [-0.39, 0.29) is 62.4 Å². The Bertz CT molecular complexity index is 1350. The standard InChI is InChI=1S/C30H30N4O4/c35-27(15-17-29(37)33-25-13-5-9-21-7-1-3-11-23(21)25)31-19-20-32-28(36)16-18-30(38)34-26-14-6-10-22-8-2-4-12-24(22)26/h1-14H,15-20H2,(H,31,35)(H,32,36)(H,33,37)(H,34,38). The summed E-state index contributed by atoms with van der Waals surface area (Å²) in [5.41, 5.74) is 1.42. The lowest BCUT2D eigenvalue weighted by Crippen LogP contribution is -2.35. The van der Waals surface area contributed by atoms with Crippen molar-refractivity contribution in [2.45, 2.75) is 25.7 Å². The van der Waals surface area contributed by atoms with E-state index in [1.54, 1.807) is 0 Å². The molecule has 4 rings (SSSR count). The highest BCUT2D eigenvalue weighted by molar-refractivity contribution is 6.03. The smallest absolute Gasteiger partial charge is 0.224 e. The van der Waals surface area contributed by atoms with Gasteiger partial charge in [0, 0.05) is 60.9 Å². The fourth-order valence-electron chi connectivity index (χ4n) is 4.13. The molecule has 8 nitrogen and oxygen atoms in total. The molecule has 0 saturated heterocycles. The van der Waals surface area contributed by atoms with Gasteiger partial charge in [0.15, 0.2) is 0 Å². The van der Waals surface area contributed by atoms with Crippen molar-refractivity contribution in [3.8, 4) is 0 Å². The highest BCUT2D eigenvalue weighted by Gasteiger charge is 2.11. The second kappa shape index (κ2) is 13.0. The van der Waals surface area contributed by atoms with Crippen LogP contribution < -0.4 is 21.3 Å². The van der Waals surface area contributed by atoms with Gasteiger partial charge in [-0.3, -0.25) is 19.2 Å². The molecule has 194 valence electrons. The van der Waals surface area contributed by atoms with Crippen molar-refractivity contribution in [1.29, 1.82) is 0 Å². The summed E-state index contributed by atoms with van der Waals surface area (Å²) in [4.78, 5) is 48.8. The first kappa shape index (κ1) is 26.3. The largest absolute Gasteiger partial charge is 0.354 e.